The Morgan fingerprint density at radius 2 is 1.46 bits per heavy atom. The summed E-state index contributed by atoms with van der Waals surface area (Å²) in [6.07, 6.45) is -10.6. The van der Waals surface area contributed by atoms with Crippen molar-refractivity contribution in [3.8, 4) is 23.0 Å². The summed E-state index contributed by atoms with van der Waals surface area (Å²) in [5.74, 6) is -1.83. The van der Waals surface area contributed by atoms with Crippen LogP contribution < -0.4 is 9.47 Å². The van der Waals surface area contributed by atoms with Gasteiger partial charge in [0.15, 0.2) is 11.3 Å². The second-order valence-electron chi connectivity index (χ2n) is 4.63. The lowest BCUT2D eigenvalue weighted by Crippen LogP contribution is -2.16. The Bertz CT molecular complexity index is 698. The minimum absolute atomic E-state index is 0.181. The first-order valence-electron chi connectivity index (χ1n) is 6.68. The van der Waals surface area contributed by atoms with Gasteiger partial charge in [-0.3, -0.25) is 0 Å². The summed E-state index contributed by atoms with van der Waals surface area (Å²) in [6, 6.07) is 4.96. The average Bonchev–Trinajstić information content (AvgIpc) is 2.87. The van der Waals surface area contributed by atoms with Crippen LogP contribution in [0.1, 0.15) is 18.1 Å². The highest BCUT2D eigenvalue weighted by Crippen LogP contribution is 2.51. The van der Waals surface area contributed by atoms with Crippen molar-refractivity contribution in [1.29, 1.82) is 0 Å². The first-order chi connectivity index (χ1) is 11.1. The quantitative estimate of drug-likeness (QED) is 0.690. The predicted molar refractivity (Wildman–Crippen MR) is 71.9 cm³/mol. The molecule has 0 aliphatic carbocycles. The Morgan fingerprint density at radius 1 is 0.917 bits per heavy atom. The smallest absolute Gasteiger partial charge is 0.423 e. The first kappa shape index (κ1) is 18.0. The highest BCUT2D eigenvalue weighted by molar-refractivity contribution is 5.67. The number of halogens is 6. The zero-order valence-electron chi connectivity index (χ0n) is 12.5. The summed E-state index contributed by atoms with van der Waals surface area (Å²) >= 11 is 0. The van der Waals surface area contributed by atoms with Gasteiger partial charge in [0.1, 0.15) is 11.3 Å². The van der Waals surface area contributed by atoms with Gasteiger partial charge >= 0.3 is 12.4 Å². The summed E-state index contributed by atoms with van der Waals surface area (Å²) in [7, 11) is 1.35. The summed E-state index contributed by atoms with van der Waals surface area (Å²) in [5, 5.41) is 0. The van der Waals surface area contributed by atoms with Crippen molar-refractivity contribution in [3.05, 3.63) is 35.4 Å². The third kappa shape index (κ3) is 3.44. The lowest BCUT2D eigenvalue weighted by molar-refractivity contribution is -0.162. The van der Waals surface area contributed by atoms with Crippen molar-refractivity contribution in [2.24, 2.45) is 0 Å². The van der Waals surface area contributed by atoms with Crippen LogP contribution in [0.4, 0.5) is 26.3 Å². The Hall–Kier alpha value is -2.32. The van der Waals surface area contributed by atoms with Crippen molar-refractivity contribution in [2.75, 3.05) is 13.7 Å². The SMILES string of the molecule is CCOc1oc(-c2ccc(OC)cc2)c(C(F)(F)F)c1C(F)(F)F. The first-order valence-corrected chi connectivity index (χ1v) is 6.68. The molecule has 0 aliphatic heterocycles. The van der Waals surface area contributed by atoms with E-state index in [4.69, 9.17) is 9.15 Å². The Balaban J connectivity index is 2.74. The van der Waals surface area contributed by atoms with E-state index in [1.807, 2.05) is 0 Å². The molecule has 2 rings (SSSR count). The minimum atomic E-state index is -5.29. The fraction of sp³-hybridized carbons (Fsp3) is 0.333. The van der Waals surface area contributed by atoms with Crippen LogP contribution in [0.25, 0.3) is 11.3 Å². The molecule has 0 amide bonds. The molecule has 1 aromatic heterocycles. The van der Waals surface area contributed by atoms with Crippen LogP contribution in [0.2, 0.25) is 0 Å². The molecule has 9 heteroatoms. The topological polar surface area (TPSA) is 31.6 Å². The van der Waals surface area contributed by atoms with Gasteiger partial charge in [-0.25, -0.2) is 0 Å². The van der Waals surface area contributed by atoms with E-state index in [1.165, 1.54) is 38.3 Å². The number of rotatable bonds is 4. The largest absolute Gasteiger partial charge is 0.497 e. The van der Waals surface area contributed by atoms with E-state index in [0.29, 0.717) is 5.75 Å². The van der Waals surface area contributed by atoms with Crippen molar-refractivity contribution in [3.63, 3.8) is 0 Å². The van der Waals surface area contributed by atoms with Crippen LogP contribution in [-0.4, -0.2) is 13.7 Å². The Morgan fingerprint density at radius 3 is 1.88 bits per heavy atom. The molecule has 0 bridgehead atoms. The normalized spacial score (nSPS) is 12.3. The monoisotopic (exact) mass is 354 g/mol. The molecule has 0 atom stereocenters. The van der Waals surface area contributed by atoms with E-state index >= 15 is 0 Å². The number of hydrogen-bond acceptors (Lipinski definition) is 3. The molecule has 0 N–H and O–H groups in total. The highest BCUT2D eigenvalue weighted by atomic mass is 19.4. The maximum Gasteiger partial charge on any atom is 0.423 e. The predicted octanol–water partition coefficient (Wildman–Crippen LogP) is 5.39. The summed E-state index contributed by atoms with van der Waals surface area (Å²) in [5.41, 5.74) is -4.06. The van der Waals surface area contributed by atoms with Crippen molar-refractivity contribution in [2.45, 2.75) is 19.3 Å². The van der Waals surface area contributed by atoms with Crippen LogP contribution in [0, 0.1) is 0 Å². The maximum atomic E-state index is 13.3. The molecule has 132 valence electrons. The van der Waals surface area contributed by atoms with Gasteiger partial charge in [-0.1, -0.05) is 0 Å². The van der Waals surface area contributed by atoms with E-state index in [1.54, 1.807) is 0 Å². The van der Waals surface area contributed by atoms with E-state index in [0.717, 1.165) is 0 Å². The molecule has 24 heavy (non-hydrogen) atoms. The van der Waals surface area contributed by atoms with E-state index < -0.39 is 35.2 Å². The number of furan rings is 1. The van der Waals surface area contributed by atoms with Crippen molar-refractivity contribution in [1.82, 2.24) is 0 Å². The van der Waals surface area contributed by atoms with E-state index in [9.17, 15) is 26.3 Å². The van der Waals surface area contributed by atoms with Crippen molar-refractivity contribution >= 4 is 0 Å². The molecule has 0 saturated heterocycles. The zero-order valence-corrected chi connectivity index (χ0v) is 12.5. The van der Waals surface area contributed by atoms with Gasteiger partial charge in [-0.15, -0.1) is 0 Å². The van der Waals surface area contributed by atoms with Crippen molar-refractivity contribution < 1.29 is 40.2 Å². The van der Waals surface area contributed by atoms with Gasteiger partial charge in [0, 0.05) is 5.56 Å². The molecule has 1 aromatic carbocycles. The number of ether oxygens (including phenoxy) is 2. The third-order valence-corrected chi connectivity index (χ3v) is 3.07. The molecule has 0 radical (unpaired) electrons. The van der Waals surface area contributed by atoms with Crippen LogP contribution in [0.5, 0.6) is 11.7 Å². The summed E-state index contributed by atoms with van der Waals surface area (Å²) < 4.78 is 93.6. The van der Waals surface area contributed by atoms with Gasteiger partial charge in [0.25, 0.3) is 5.95 Å². The van der Waals surface area contributed by atoms with Crippen LogP contribution in [-0.2, 0) is 12.4 Å². The van der Waals surface area contributed by atoms with Gasteiger partial charge in [-0.2, -0.15) is 26.3 Å². The van der Waals surface area contributed by atoms with Crippen LogP contribution in [0.15, 0.2) is 28.7 Å². The second-order valence-corrected chi connectivity index (χ2v) is 4.63. The second kappa shape index (κ2) is 6.29. The number of hydrogen-bond donors (Lipinski definition) is 0. The third-order valence-electron chi connectivity index (χ3n) is 3.07. The van der Waals surface area contributed by atoms with Crippen LogP contribution >= 0.6 is 0 Å². The average molecular weight is 354 g/mol. The maximum absolute atomic E-state index is 13.3. The lowest BCUT2D eigenvalue weighted by Gasteiger charge is -2.12. The number of alkyl halides is 6. The standard InChI is InChI=1S/C15H12F6O3/c1-3-23-13-11(15(19,20)21)10(14(16,17)18)12(24-13)8-4-6-9(22-2)7-5-8/h4-7H,3H2,1-2H3. The van der Waals surface area contributed by atoms with E-state index in [2.05, 4.69) is 4.74 Å². The van der Waals surface area contributed by atoms with Gasteiger partial charge in [0.2, 0.25) is 0 Å². The number of methoxy groups -OCH3 is 1. The minimum Gasteiger partial charge on any atom is -0.497 e. The molecule has 0 saturated carbocycles. The molecule has 0 fully saturated rings. The molecule has 0 spiro atoms. The van der Waals surface area contributed by atoms with Gasteiger partial charge in [0.05, 0.1) is 13.7 Å². The molecule has 2 aromatic rings. The summed E-state index contributed by atoms with van der Waals surface area (Å²) in [6.45, 7) is 1.05. The summed E-state index contributed by atoms with van der Waals surface area (Å²) in [4.78, 5) is 0. The van der Waals surface area contributed by atoms with E-state index in [-0.39, 0.29) is 12.2 Å². The zero-order chi connectivity index (χ0) is 18.1. The van der Waals surface area contributed by atoms with Crippen LogP contribution in [0.3, 0.4) is 0 Å². The number of benzene rings is 1. The highest BCUT2D eigenvalue weighted by Gasteiger charge is 2.51. The fourth-order valence-corrected chi connectivity index (χ4v) is 2.12. The molecule has 1 heterocycles. The Kier molecular flexibility index (Phi) is 4.73. The molecule has 3 nitrogen and oxygen atoms in total. The molecular weight excluding hydrogens is 342 g/mol. The molecule has 0 aliphatic rings. The Labute approximate surface area is 132 Å². The van der Waals surface area contributed by atoms with Gasteiger partial charge in [-0.05, 0) is 31.2 Å². The fourth-order valence-electron chi connectivity index (χ4n) is 2.12. The lowest BCUT2D eigenvalue weighted by atomic mass is 10.0. The van der Waals surface area contributed by atoms with Gasteiger partial charge < -0.3 is 13.9 Å². The molecule has 0 unspecified atom stereocenters. The molecular formula is C15H12F6O3.